The lowest BCUT2D eigenvalue weighted by Crippen LogP contribution is -2.50. The molecule has 0 radical (unpaired) electrons. The third kappa shape index (κ3) is 10.0. The van der Waals surface area contributed by atoms with Crippen LogP contribution in [-0.2, 0) is 15.0 Å². The lowest BCUT2D eigenvalue weighted by Gasteiger charge is -2.27. The highest BCUT2D eigenvalue weighted by atomic mass is 19.1. The molecule has 0 fully saturated rings. The normalized spacial score (nSPS) is 18.5. The first-order valence-electron chi connectivity index (χ1n) is 16.3. The summed E-state index contributed by atoms with van der Waals surface area (Å²) in [6, 6.07) is 18.3. The Bertz CT molecular complexity index is 1580. The Kier molecular flexibility index (Phi) is 12.5. The first-order valence-corrected chi connectivity index (χ1v) is 16.3. The van der Waals surface area contributed by atoms with Crippen molar-refractivity contribution in [2.24, 2.45) is 5.92 Å². The molecule has 0 saturated carbocycles. The zero-order valence-electron chi connectivity index (χ0n) is 27.9. The average molecular weight is 661 g/mol. The molecule has 3 aromatic carbocycles. The Balaban J connectivity index is 1.55. The van der Waals surface area contributed by atoms with E-state index < -0.39 is 23.3 Å². The number of carbonyl (C=O) groups is 4. The van der Waals surface area contributed by atoms with Crippen molar-refractivity contribution >= 4 is 23.6 Å². The highest BCUT2D eigenvalue weighted by molar-refractivity contribution is 6.00. The van der Waals surface area contributed by atoms with Gasteiger partial charge >= 0.3 is 0 Å². The summed E-state index contributed by atoms with van der Waals surface area (Å²) >= 11 is 0. The number of halogens is 1. The van der Waals surface area contributed by atoms with Gasteiger partial charge in [-0.05, 0) is 60.7 Å². The zero-order valence-corrected chi connectivity index (χ0v) is 27.9. The molecule has 3 aromatic rings. The maximum atomic E-state index is 13.6. The summed E-state index contributed by atoms with van der Waals surface area (Å²) in [5, 5.41) is 11.6. The molecule has 4 N–H and O–H groups in total. The highest BCUT2D eigenvalue weighted by Gasteiger charge is 2.28. The molecule has 0 bridgehead atoms. The lowest BCUT2D eigenvalue weighted by atomic mass is 9.84. The van der Waals surface area contributed by atoms with Crippen molar-refractivity contribution in [3.05, 3.63) is 95.3 Å². The molecule has 4 amide bonds. The van der Waals surface area contributed by atoms with Crippen molar-refractivity contribution in [2.75, 3.05) is 26.3 Å². The number of ether oxygens (including phenoxy) is 2. The molecule has 4 rings (SSSR count). The average Bonchev–Trinajstić information content (AvgIpc) is 3.07. The molecule has 0 unspecified atom stereocenters. The first kappa shape index (κ1) is 35.9. The minimum atomic E-state index is -1.04. The molecular formula is C37H45FN4O6. The molecule has 0 saturated heterocycles. The topological polar surface area (TPSA) is 135 Å². The van der Waals surface area contributed by atoms with Gasteiger partial charge in [-0.25, -0.2) is 4.39 Å². The summed E-state index contributed by atoms with van der Waals surface area (Å²) in [6.45, 7) is 8.62. The van der Waals surface area contributed by atoms with Crippen molar-refractivity contribution in [1.82, 2.24) is 21.3 Å². The molecule has 1 heterocycles. The second kappa shape index (κ2) is 16.8. The number of rotatable bonds is 5. The fourth-order valence-electron chi connectivity index (χ4n) is 5.19. The van der Waals surface area contributed by atoms with E-state index in [-0.39, 0.29) is 67.8 Å². The second-order valence-corrected chi connectivity index (χ2v) is 12.9. The molecule has 0 aliphatic carbocycles. The van der Waals surface area contributed by atoms with E-state index >= 15 is 0 Å². The Morgan fingerprint density at radius 2 is 1.52 bits per heavy atom. The van der Waals surface area contributed by atoms with Gasteiger partial charge in [0.15, 0.2) is 0 Å². The summed E-state index contributed by atoms with van der Waals surface area (Å²) < 4.78 is 25.5. The molecule has 48 heavy (non-hydrogen) atoms. The van der Waals surface area contributed by atoms with Gasteiger partial charge in [-0.1, -0.05) is 64.1 Å². The number of fused-ring (bicyclic) bond motifs is 2. The number of nitrogens with one attached hydrogen (secondary N) is 4. The Hall–Kier alpha value is -4.93. The van der Waals surface area contributed by atoms with E-state index in [1.807, 2.05) is 27.7 Å². The number of para-hydroxylation sites is 2. The monoisotopic (exact) mass is 660 g/mol. The third-order valence-corrected chi connectivity index (χ3v) is 8.31. The van der Waals surface area contributed by atoms with Crippen LogP contribution < -0.4 is 30.7 Å². The van der Waals surface area contributed by atoms with Crippen molar-refractivity contribution in [3.63, 3.8) is 0 Å². The minimum Gasteiger partial charge on any atom is -0.493 e. The van der Waals surface area contributed by atoms with E-state index in [0.29, 0.717) is 30.0 Å². The van der Waals surface area contributed by atoms with Crippen LogP contribution in [0.5, 0.6) is 11.5 Å². The van der Waals surface area contributed by atoms with Gasteiger partial charge in [0, 0.05) is 24.9 Å². The summed E-state index contributed by atoms with van der Waals surface area (Å²) in [4.78, 5) is 53.3. The van der Waals surface area contributed by atoms with Gasteiger partial charge in [0.05, 0.1) is 23.8 Å². The summed E-state index contributed by atoms with van der Waals surface area (Å²) in [5.74, 6) is -1.23. The predicted molar refractivity (Wildman–Crippen MR) is 181 cm³/mol. The fraction of sp³-hybridized carbons (Fsp3) is 0.405. The van der Waals surface area contributed by atoms with Gasteiger partial charge in [-0.15, -0.1) is 0 Å². The second-order valence-electron chi connectivity index (χ2n) is 12.9. The first-order chi connectivity index (χ1) is 22.9. The van der Waals surface area contributed by atoms with Gasteiger partial charge < -0.3 is 30.7 Å². The van der Waals surface area contributed by atoms with Crippen LogP contribution in [0, 0.1) is 11.7 Å². The van der Waals surface area contributed by atoms with Gasteiger partial charge in [-0.2, -0.15) is 0 Å². The van der Waals surface area contributed by atoms with Crippen LogP contribution in [0.15, 0.2) is 72.8 Å². The zero-order chi connectivity index (χ0) is 34.7. The quantitative estimate of drug-likeness (QED) is 0.318. The molecule has 1 aliphatic heterocycles. The number of carbonyl (C=O) groups excluding carboxylic acids is 4. The summed E-state index contributed by atoms with van der Waals surface area (Å²) in [5.41, 5.74) is 0.899. The van der Waals surface area contributed by atoms with Crippen molar-refractivity contribution in [1.29, 1.82) is 0 Å². The molecule has 2 atom stereocenters. The van der Waals surface area contributed by atoms with Crippen LogP contribution in [0.1, 0.15) is 73.2 Å². The minimum absolute atomic E-state index is 0.00297. The smallest absolute Gasteiger partial charge is 0.255 e. The molecule has 10 nitrogen and oxygen atoms in total. The lowest BCUT2D eigenvalue weighted by molar-refractivity contribution is -0.124. The van der Waals surface area contributed by atoms with E-state index in [4.69, 9.17) is 9.47 Å². The maximum absolute atomic E-state index is 13.6. The van der Waals surface area contributed by atoms with E-state index in [1.54, 1.807) is 60.7 Å². The van der Waals surface area contributed by atoms with Gasteiger partial charge in [0.1, 0.15) is 30.0 Å². The van der Waals surface area contributed by atoms with Crippen LogP contribution >= 0.6 is 0 Å². The summed E-state index contributed by atoms with van der Waals surface area (Å²) in [6.07, 6.45) is 0.444. The Morgan fingerprint density at radius 3 is 2.19 bits per heavy atom. The van der Waals surface area contributed by atoms with Gasteiger partial charge in [-0.3, -0.25) is 19.2 Å². The molecule has 256 valence electrons. The standard InChI is InChI=1S/C37H45FN4O6/c1-24(2)30-22-48-32-13-8-5-10-27(32)34(44)39-20-9-21-47-31-12-7-6-11-28(31)35(45)42-29(18-19-33(43)41-30)36(46)40-23-37(3,4)25-14-16-26(38)17-15-25/h5-8,10-17,24,29-30H,9,18-23H2,1-4H3,(H,39,44)(H,40,46)(H,41,43)(H,42,45)/t29-,30+/m0/s1. The predicted octanol–water partition coefficient (Wildman–Crippen LogP) is 4.53. The van der Waals surface area contributed by atoms with E-state index in [2.05, 4.69) is 21.3 Å². The largest absolute Gasteiger partial charge is 0.493 e. The van der Waals surface area contributed by atoms with Crippen molar-refractivity contribution < 1.29 is 33.0 Å². The van der Waals surface area contributed by atoms with E-state index in [9.17, 15) is 23.6 Å². The highest BCUT2D eigenvalue weighted by Crippen LogP contribution is 2.23. The van der Waals surface area contributed by atoms with Crippen LogP contribution in [-0.4, -0.2) is 62.0 Å². The Morgan fingerprint density at radius 1 is 0.896 bits per heavy atom. The number of benzene rings is 3. The number of amides is 4. The Labute approximate surface area is 281 Å². The maximum Gasteiger partial charge on any atom is 0.255 e. The molecule has 1 aliphatic rings. The molecule has 11 heteroatoms. The van der Waals surface area contributed by atoms with E-state index in [0.717, 1.165) is 5.56 Å². The summed E-state index contributed by atoms with van der Waals surface area (Å²) in [7, 11) is 0. The van der Waals surface area contributed by atoms with Crippen molar-refractivity contribution in [2.45, 2.75) is 64.5 Å². The van der Waals surface area contributed by atoms with Crippen LogP contribution in [0.4, 0.5) is 4.39 Å². The van der Waals surface area contributed by atoms with Gasteiger partial charge in [0.25, 0.3) is 11.8 Å². The molecule has 0 spiro atoms. The molecular weight excluding hydrogens is 615 g/mol. The van der Waals surface area contributed by atoms with Crippen molar-refractivity contribution in [3.8, 4) is 11.5 Å². The van der Waals surface area contributed by atoms with Crippen LogP contribution in [0.2, 0.25) is 0 Å². The van der Waals surface area contributed by atoms with E-state index in [1.165, 1.54) is 12.1 Å². The third-order valence-electron chi connectivity index (χ3n) is 8.31. The fourth-order valence-corrected chi connectivity index (χ4v) is 5.19. The SMILES string of the molecule is CC(C)[C@H]1COc2ccccc2C(=O)NCCCOc2ccccc2C(=O)N[C@H](C(=O)NCC(C)(C)c2ccc(F)cc2)CCC(=O)N1. The number of hydrogen-bond acceptors (Lipinski definition) is 6. The van der Waals surface area contributed by atoms with Crippen LogP contribution in [0.3, 0.4) is 0 Å². The molecule has 0 aromatic heterocycles. The number of hydrogen-bond donors (Lipinski definition) is 4. The van der Waals surface area contributed by atoms with Gasteiger partial charge in [0.2, 0.25) is 11.8 Å². The van der Waals surface area contributed by atoms with Crippen LogP contribution in [0.25, 0.3) is 0 Å².